The normalized spacial score (nSPS) is 24.6. The Morgan fingerprint density at radius 3 is 2.42 bits per heavy atom. The molecule has 3 atom stereocenters. The number of nitrogens with zero attached hydrogens (tertiary/aromatic N) is 1. The summed E-state index contributed by atoms with van der Waals surface area (Å²) in [7, 11) is 4.29. The SMILES string of the molecule is Cc1ccccc1CCC1(O)CCCCC1C(c1ccccc1)N(C)C. The Hall–Kier alpha value is -1.64. The zero-order valence-corrected chi connectivity index (χ0v) is 16.5. The molecule has 2 aromatic carbocycles. The van der Waals surface area contributed by atoms with Gasteiger partial charge >= 0.3 is 0 Å². The Morgan fingerprint density at radius 1 is 1.04 bits per heavy atom. The van der Waals surface area contributed by atoms with Crippen LogP contribution in [0.1, 0.15) is 54.8 Å². The number of benzene rings is 2. The fourth-order valence-corrected chi connectivity index (χ4v) is 4.79. The minimum absolute atomic E-state index is 0.262. The van der Waals surface area contributed by atoms with Gasteiger partial charge in [0.2, 0.25) is 0 Å². The lowest BCUT2D eigenvalue weighted by atomic mass is 9.67. The van der Waals surface area contributed by atoms with Crippen molar-refractivity contribution >= 4 is 0 Å². The van der Waals surface area contributed by atoms with Crippen molar-refractivity contribution in [1.29, 1.82) is 0 Å². The maximum Gasteiger partial charge on any atom is 0.0697 e. The zero-order valence-electron chi connectivity index (χ0n) is 16.5. The van der Waals surface area contributed by atoms with E-state index in [2.05, 4.69) is 80.5 Å². The molecule has 0 saturated heterocycles. The van der Waals surface area contributed by atoms with E-state index in [0.29, 0.717) is 0 Å². The third-order valence-electron chi connectivity index (χ3n) is 6.23. The van der Waals surface area contributed by atoms with Gasteiger partial charge in [-0.05, 0) is 63.4 Å². The van der Waals surface area contributed by atoms with Crippen LogP contribution in [-0.4, -0.2) is 29.7 Å². The van der Waals surface area contributed by atoms with E-state index >= 15 is 0 Å². The van der Waals surface area contributed by atoms with Gasteiger partial charge in [-0.3, -0.25) is 0 Å². The van der Waals surface area contributed by atoms with Crippen molar-refractivity contribution < 1.29 is 5.11 Å². The largest absolute Gasteiger partial charge is 0.390 e. The van der Waals surface area contributed by atoms with Gasteiger partial charge in [0.15, 0.2) is 0 Å². The first-order chi connectivity index (χ1) is 12.5. The van der Waals surface area contributed by atoms with Crippen molar-refractivity contribution in [3.05, 3.63) is 71.3 Å². The van der Waals surface area contributed by atoms with Gasteiger partial charge in [-0.2, -0.15) is 0 Å². The molecule has 0 aliphatic heterocycles. The second kappa shape index (κ2) is 8.37. The monoisotopic (exact) mass is 351 g/mol. The molecule has 26 heavy (non-hydrogen) atoms. The van der Waals surface area contributed by atoms with Crippen molar-refractivity contribution in [2.45, 2.75) is 57.1 Å². The van der Waals surface area contributed by atoms with E-state index in [1.54, 1.807) is 0 Å². The summed E-state index contributed by atoms with van der Waals surface area (Å²) in [5, 5.41) is 11.7. The number of hydrogen-bond acceptors (Lipinski definition) is 2. The number of rotatable bonds is 6. The molecule has 2 heteroatoms. The van der Waals surface area contributed by atoms with Gasteiger partial charge in [0.1, 0.15) is 0 Å². The van der Waals surface area contributed by atoms with Gasteiger partial charge in [0.25, 0.3) is 0 Å². The highest BCUT2D eigenvalue weighted by Gasteiger charge is 2.43. The van der Waals surface area contributed by atoms with Crippen LogP contribution in [0.3, 0.4) is 0 Å². The second-order valence-electron chi connectivity index (χ2n) is 8.20. The van der Waals surface area contributed by atoms with E-state index in [0.717, 1.165) is 32.1 Å². The maximum absolute atomic E-state index is 11.7. The summed E-state index contributed by atoms with van der Waals surface area (Å²) >= 11 is 0. The van der Waals surface area contributed by atoms with Crippen LogP contribution in [0.5, 0.6) is 0 Å². The zero-order chi connectivity index (χ0) is 18.6. The first-order valence-electron chi connectivity index (χ1n) is 9.99. The fraction of sp³-hybridized carbons (Fsp3) is 0.500. The Balaban J connectivity index is 1.84. The Labute approximate surface area is 158 Å². The molecule has 1 N–H and O–H groups in total. The van der Waals surface area contributed by atoms with Crippen LogP contribution in [0.25, 0.3) is 0 Å². The highest BCUT2D eigenvalue weighted by Crippen LogP contribution is 2.45. The molecule has 3 unspecified atom stereocenters. The molecule has 0 aromatic heterocycles. The molecular weight excluding hydrogens is 318 g/mol. The molecule has 1 fully saturated rings. The van der Waals surface area contributed by atoms with Crippen LogP contribution in [0.2, 0.25) is 0 Å². The van der Waals surface area contributed by atoms with Crippen molar-refractivity contribution in [2.24, 2.45) is 5.92 Å². The molecular formula is C24H33NO. The third kappa shape index (κ3) is 4.19. The molecule has 1 aliphatic rings. The molecule has 0 heterocycles. The van der Waals surface area contributed by atoms with Crippen LogP contribution in [0, 0.1) is 12.8 Å². The van der Waals surface area contributed by atoms with E-state index in [1.807, 2.05) is 0 Å². The van der Waals surface area contributed by atoms with Crippen molar-refractivity contribution in [3.8, 4) is 0 Å². The van der Waals surface area contributed by atoms with Gasteiger partial charge in [-0.25, -0.2) is 0 Å². The summed E-state index contributed by atoms with van der Waals surface area (Å²) in [6, 6.07) is 19.6. The predicted molar refractivity (Wildman–Crippen MR) is 109 cm³/mol. The average molecular weight is 352 g/mol. The summed E-state index contributed by atoms with van der Waals surface area (Å²) < 4.78 is 0. The van der Waals surface area contributed by atoms with Crippen LogP contribution >= 0.6 is 0 Å². The van der Waals surface area contributed by atoms with Crippen LogP contribution in [0.4, 0.5) is 0 Å². The van der Waals surface area contributed by atoms with Gasteiger partial charge < -0.3 is 10.0 Å². The molecule has 1 aliphatic carbocycles. The molecule has 0 radical (unpaired) electrons. The Bertz CT molecular complexity index is 696. The summed E-state index contributed by atoms with van der Waals surface area (Å²) in [6.07, 6.45) is 6.17. The molecule has 2 aromatic rings. The van der Waals surface area contributed by atoms with Gasteiger partial charge in [-0.1, -0.05) is 67.4 Å². The Morgan fingerprint density at radius 2 is 1.73 bits per heavy atom. The first-order valence-corrected chi connectivity index (χ1v) is 9.99. The third-order valence-corrected chi connectivity index (χ3v) is 6.23. The molecule has 2 nitrogen and oxygen atoms in total. The van der Waals surface area contributed by atoms with E-state index in [-0.39, 0.29) is 12.0 Å². The van der Waals surface area contributed by atoms with Crippen LogP contribution in [-0.2, 0) is 6.42 Å². The lowest BCUT2D eigenvalue weighted by Gasteiger charge is -2.46. The quantitative estimate of drug-likeness (QED) is 0.778. The van der Waals surface area contributed by atoms with Gasteiger partial charge in [-0.15, -0.1) is 0 Å². The lowest BCUT2D eigenvalue weighted by Crippen LogP contribution is -2.47. The summed E-state index contributed by atoms with van der Waals surface area (Å²) in [4.78, 5) is 2.30. The summed E-state index contributed by atoms with van der Waals surface area (Å²) in [5.41, 5.74) is 3.42. The summed E-state index contributed by atoms with van der Waals surface area (Å²) in [5.74, 6) is 0.276. The molecule has 0 amide bonds. The highest BCUT2D eigenvalue weighted by atomic mass is 16.3. The van der Waals surface area contributed by atoms with Gasteiger partial charge in [0.05, 0.1) is 5.60 Å². The molecule has 1 saturated carbocycles. The lowest BCUT2D eigenvalue weighted by molar-refractivity contribution is -0.0829. The fourth-order valence-electron chi connectivity index (χ4n) is 4.79. The summed E-state index contributed by atoms with van der Waals surface area (Å²) in [6.45, 7) is 2.17. The topological polar surface area (TPSA) is 23.5 Å². The Kier molecular flexibility index (Phi) is 6.16. The predicted octanol–water partition coefficient (Wildman–Crippen LogP) is 5.15. The minimum Gasteiger partial charge on any atom is -0.390 e. The minimum atomic E-state index is -0.592. The first kappa shape index (κ1) is 19.1. The molecule has 0 bridgehead atoms. The van der Waals surface area contributed by atoms with E-state index < -0.39 is 5.60 Å². The van der Waals surface area contributed by atoms with Crippen molar-refractivity contribution in [2.75, 3.05) is 14.1 Å². The number of aryl methyl sites for hydroxylation is 2. The molecule has 0 spiro atoms. The van der Waals surface area contributed by atoms with E-state index in [9.17, 15) is 5.11 Å². The number of hydrogen-bond donors (Lipinski definition) is 1. The second-order valence-corrected chi connectivity index (χ2v) is 8.20. The van der Waals surface area contributed by atoms with Crippen LogP contribution in [0.15, 0.2) is 54.6 Å². The smallest absolute Gasteiger partial charge is 0.0697 e. The van der Waals surface area contributed by atoms with Crippen LogP contribution < -0.4 is 0 Å². The van der Waals surface area contributed by atoms with E-state index in [1.165, 1.54) is 23.1 Å². The molecule has 3 rings (SSSR count). The highest BCUT2D eigenvalue weighted by molar-refractivity contribution is 5.26. The van der Waals surface area contributed by atoms with E-state index in [4.69, 9.17) is 0 Å². The van der Waals surface area contributed by atoms with Gasteiger partial charge in [0, 0.05) is 12.0 Å². The maximum atomic E-state index is 11.7. The molecule has 140 valence electrons. The average Bonchev–Trinajstić information content (AvgIpc) is 2.64. The van der Waals surface area contributed by atoms with Crippen molar-refractivity contribution in [3.63, 3.8) is 0 Å². The number of aliphatic hydroxyl groups is 1. The standard InChI is InChI=1S/C24H33NO/c1-19-11-7-8-12-20(19)16-18-24(26)17-10-9-15-22(24)23(25(2)3)21-13-5-4-6-14-21/h4-8,11-14,22-23,26H,9-10,15-18H2,1-3H3. The van der Waals surface area contributed by atoms with Crippen molar-refractivity contribution in [1.82, 2.24) is 4.90 Å².